The first-order valence-electron chi connectivity index (χ1n) is 5.98. The predicted octanol–water partition coefficient (Wildman–Crippen LogP) is 0.193. The molecule has 0 aliphatic heterocycles. The van der Waals surface area contributed by atoms with Crippen molar-refractivity contribution in [3.8, 4) is 0 Å². The van der Waals surface area contributed by atoms with E-state index in [1.54, 1.807) is 0 Å². The topological polar surface area (TPSA) is 81.6 Å². The van der Waals surface area contributed by atoms with E-state index in [4.69, 9.17) is 0 Å². The van der Waals surface area contributed by atoms with E-state index in [-0.39, 0.29) is 56.3 Å². The molecular weight excluding hydrogens is 395 g/mol. The fraction of sp³-hybridized carbons (Fsp3) is 0.0714. The van der Waals surface area contributed by atoms with E-state index in [0.717, 1.165) is 15.7 Å². The van der Waals surface area contributed by atoms with Crippen LogP contribution in [0.1, 0.15) is 12.5 Å². The summed E-state index contributed by atoms with van der Waals surface area (Å²) in [5.41, 5.74) is 5.14. The molecule has 0 saturated carbocycles. The molecule has 1 N–H and O–H groups in total. The molecule has 0 spiro atoms. The van der Waals surface area contributed by atoms with Crippen LogP contribution in [-0.4, -0.2) is 18.7 Å². The summed E-state index contributed by atoms with van der Waals surface area (Å²) in [5.74, 6) is 0. The Balaban J connectivity index is 0.00000242. The van der Waals surface area contributed by atoms with E-state index >= 15 is 0 Å². The van der Waals surface area contributed by atoms with Gasteiger partial charge in [0.2, 0.25) is 0 Å². The summed E-state index contributed by atoms with van der Waals surface area (Å²) in [6, 6.07) is 13.2. The SMILES string of the molecule is C/C(=N\Nc1ccc(S(=O)(=O)[O-])cc1)c1cccc(Br)c1.[K+]. The van der Waals surface area contributed by atoms with E-state index < -0.39 is 10.1 Å². The van der Waals surface area contributed by atoms with Crippen LogP contribution in [0.5, 0.6) is 0 Å². The maximum absolute atomic E-state index is 10.8. The third kappa shape index (κ3) is 5.86. The molecule has 22 heavy (non-hydrogen) atoms. The van der Waals surface area contributed by atoms with Crippen LogP contribution in [0, 0.1) is 0 Å². The molecule has 5 nitrogen and oxygen atoms in total. The van der Waals surface area contributed by atoms with Crippen LogP contribution in [-0.2, 0) is 10.1 Å². The van der Waals surface area contributed by atoms with Gasteiger partial charge in [-0.05, 0) is 48.9 Å². The first-order valence-corrected chi connectivity index (χ1v) is 8.18. The molecule has 0 saturated heterocycles. The van der Waals surface area contributed by atoms with Crippen molar-refractivity contribution in [1.82, 2.24) is 0 Å². The van der Waals surface area contributed by atoms with Crippen LogP contribution in [0.4, 0.5) is 5.69 Å². The maximum Gasteiger partial charge on any atom is 1.00 e. The van der Waals surface area contributed by atoms with Gasteiger partial charge in [0.25, 0.3) is 0 Å². The standard InChI is InChI=1S/C14H13BrN2O3S.K/c1-10(11-3-2-4-12(15)9-11)16-17-13-5-7-14(8-6-13)21(18,19)20;/h2-9,17H,1H3,(H,18,19,20);/q;+1/p-1/b16-10+;. The van der Waals surface area contributed by atoms with Gasteiger partial charge in [-0.1, -0.05) is 28.1 Å². The number of rotatable bonds is 4. The molecule has 0 fully saturated rings. The van der Waals surface area contributed by atoms with E-state index in [9.17, 15) is 13.0 Å². The molecule has 0 aliphatic carbocycles. The summed E-state index contributed by atoms with van der Waals surface area (Å²) in [4.78, 5) is -0.263. The summed E-state index contributed by atoms with van der Waals surface area (Å²) in [6.07, 6.45) is 0. The van der Waals surface area contributed by atoms with Crippen molar-refractivity contribution in [3.05, 3.63) is 58.6 Å². The zero-order valence-corrected chi connectivity index (χ0v) is 17.6. The van der Waals surface area contributed by atoms with Gasteiger partial charge in [0.15, 0.2) is 0 Å². The number of nitrogens with zero attached hydrogens (tertiary/aromatic N) is 1. The molecule has 0 aromatic heterocycles. The van der Waals surface area contributed by atoms with Crippen molar-refractivity contribution in [2.24, 2.45) is 5.10 Å². The average molecular weight is 407 g/mol. The fourth-order valence-corrected chi connectivity index (χ4v) is 2.49. The summed E-state index contributed by atoms with van der Waals surface area (Å²) >= 11 is 3.39. The predicted molar refractivity (Wildman–Crippen MR) is 84.4 cm³/mol. The molecular formula is C14H12BrKN2O3S. The van der Waals surface area contributed by atoms with Gasteiger partial charge in [0.1, 0.15) is 10.1 Å². The number of hydrogen-bond acceptors (Lipinski definition) is 5. The van der Waals surface area contributed by atoms with Crippen LogP contribution in [0.25, 0.3) is 0 Å². The minimum absolute atomic E-state index is 0. The number of benzene rings is 2. The van der Waals surface area contributed by atoms with Crippen molar-refractivity contribution >= 4 is 37.4 Å². The van der Waals surface area contributed by atoms with Gasteiger partial charge in [-0.25, -0.2) is 8.42 Å². The molecule has 2 aromatic carbocycles. The smallest absolute Gasteiger partial charge is 0.744 e. The van der Waals surface area contributed by atoms with Crippen molar-refractivity contribution in [2.75, 3.05) is 5.43 Å². The average Bonchev–Trinajstić information content (AvgIpc) is 2.44. The zero-order valence-electron chi connectivity index (χ0n) is 12.1. The molecule has 0 aliphatic rings. The van der Waals surface area contributed by atoms with Crippen molar-refractivity contribution in [3.63, 3.8) is 0 Å². The molecule has 110 valence electrons. The third-order valence-corrected chi connectivity index (χ3v) is 4.08. The number of halogens is 1. The van der Waals surface area contributed by atoms with Crippen LogP contribution in [0.3, 0.4) is 0 Å². The Hall–Kier alpha value is -0.0636. The monoisotopic (exact) mass is 406 g/mol. The van der Waals surface area contributed by atoms with E-state index in [1.165, 1.54) is 24.3 Å². The van der Waals surface area contributed by atoms with Gasteiger partial charge in [-0.3, -0.25) is 5.43 Å². The van der Waals surface area contributed by atoms with Crippen molar-refractivity contribution < 1.29 is 64.4 Å². The third-order valence-electron chi connectivity index (χ3n) is 2.74. The molecule has 0 unspecified atom stereocenters. The Morgan fingerprint density at radius 1 is 1.18 bits per heavy atom. The summed E-state index contributed by atoms with van der Waals surface area (Å²) in [5, 5.41) is 4.22. The van der Waals surface area contributed by atoms with Crippen LogP contribution in [0.2, 0.25) is 0 Å². The Morgan fingerprint density at radius 2 is 1.82 bits per heavy atom. The second-order valence-electron chi connectivity index (χ2n) is 4.30. The first-order chi connectivity index (χ1) is 9.86. The summed E-state index contributed by atoms with van der Waals surface area (Å²) in [7, 11) is -4.42. The number of anilines is 1. The molecule has 0 bridgehead atoms. The van der Waals surface area contributed by atoms with Crippen LogP contribution in [0.15, 0.2) is 63.0 Å². The fourth-order valence-electron chi connectivity index (χ4n) is 1.62. The largest absolute Gasteiger partial charge is 1.00 e. The van der Waals surface area contributed by atoms with E-state index in [0.29, 0.717) is 5.69 Å². The van der Waals surface area contributed by atoms with E-state index in [2.05, 4.69) is 26.5 Å². The van der Waals surface area contributed by atoms with Crippen LogP contribution < -0.4 is 56.8 Å². The summed E-state index contributed by atoms with van der Waals surface area (Å²) in [6.45, 7) is 1.85. The molecule has 2 rings (SSSR count). The minimum Gasteiger partial charge on any atom is -0.744 e. The van der Waals surface area contributed by atoms with Gasteiger partial charge in [-0.15, -0.1) is 0 Å². The quantitative estimate of drug-likeness (QED) is 0.340. The van der Waals surface area contributed by atoms with Crippen LogP contribution >= 0.6 is 15.9 Å². The van der Waals surface area contributed by atoms with Gasteiger partial charge >= 0.3 is 51.4 Å². The molecule has 2 aromatic rings. The molecule has 0 atom stereocenters. The molecule has 0 amide bonds. The number of nitrogens with one attached hydrogen (secondary N) is 1. The number of hydrazone groups is 1. The number of hydrogen-bond donors (Lipinski definition) is 1. The maximum atomic E-state index is 10.8. The first kappa shape index (κ1) is 20.0. The van der Waals surface area contributed by atoms with Gasteiger partial charge < -0.3 is 4.55 Å². The van der Waals surface area contributed by atoms with Gasteiger partial charge in [0, 0.05) is 4.47 Å². The Kier molecular flexibility index (Phi) is 7.90. The second-order valence-corrected chi connectivity index (χ2v) is 6.59. The van der Waals surface area contributed by atoms with Crippen molar-refractivity contribution in [2.45, 2.75) is 11.8 Å². The molecule has 8 heteroatoms. The minimum atomic E-state index is -4.42. The Morgan fingerprint density at radius 3 is 2.36 bits per heavy atom. The second kappa shape index (κ2) is 8.69. The van der Waals surface area contributed by atoms with E-state index in [1.807, 2.05) is 31.2 Å². The molecule has 0 heterocycles. The van der Waals surface area contributed by atoms with Gasteiger partial charge in [0.05, 0.1) is 16.3 Å². The van der Waals surface area contributed by atoms with Gasteiger partial charge in [-0.2, -0.15) is 5.10 Å². The Labute approximate surface area is 180 Å². The Bertz CT molecular complexity index is 777. The zero-order chi connectivity index (χ0) is 15.5. The summed E-state index contributed by atoms with van der Waals surface area (Å²) < 4.78 is 33.4. The molecule has 0 radical (unpaired) electrons. The normalized spacial score (nSPS) is 11.7. The van der Waals surface area contributed by atoms with Crippen molar-refractivity contribution in [1.29, 1.82) is 0 Å².